The van der Waals surface area contributed by atoms with E-state index in [9.17, 15) is 4.79 Å². The van der Waals surface area contributed by atoms with Gasteiger partial charge in [0.15, 0.2) is 0 Å². The van der Waals surface area contributed by atoms with Gasteiger partial charge in [-0.3, -0.25) is 4.79 Å². The van der Waals surface area contributed by atoms with E-state index in [2.05, 4.69) is 11.4 Å². The van der Waals surface area contributed by atoms with Crippen LogP contribution in [0, 0.1) is 11.3 Å². The standard InChI is InChI=1S/C14H16N2O2S/c15-8-4-10-19-13-7-2-1-5-11(13)16-14(17)12-6-3-9-18-12/h1-2,5,7,12H,3-4,6,9-10H2,(H,16,17). The molecule has 1 aromatic carbocycles. The van der Waals surface area contributed by atoms with Crippen LogP contribution in [0.5, 0.6) is 0 Å². The molecule has 0 spiro atoms. The molecule has 0 saturated carbocycles. The molecule has 1 aliphatic heterocycles. The van der Waals surface area contributed by atoms with Crippen LogP contribution < -0.4 is 5.32 Å². The lowest BCUT2D eigenvalue weighted by Crippen LogP contribution is -2.27. The van der Waals surface area contributed by atoms with Crippen molar-refractivity contribution in [3.8, 4) is 6.07 Å². The Bertz CT molecular complexity index is 479. The Morgan fingerprint density at radius 1 is 1.53 bits per heavy atom. The molecule has 1 atom stereocenters. The van der Waals surface area contributed by atoms with Gasteiger partial charge < -0.3 is 10.1 Å². The Labute approximate surface area is 117 Å². The van der Waals surface area contributed by atoms with Crippen LogP contribution in [-0.4, -0.2) is 24.4 Å². The monoisotopic (exact) mass is 276 g/mol. The van der Waals surface area contributed by atoms with E-state index in [1.807, 2.05) is 24.3 Å². The van der Waals surface area contributed by atoms with Gasteiger partial charge in [-0.25, -0.2) is 0 Å². The molecule has 5 heteroatoms. The molecule has 1 heterocycles. The molecule has 0 bridgehead atoms. The zero-order valence-corrected chi connectivity index (χ0v) is 11.4. The highest BCUT2D eigenvalue weighted by Gasteiger charge is 2.23. The van der Waals surface area contributed by atoms with Crippen molar-refractivity contribution < 1.29 is 9.53 Å². The molecule has 1 saturated heterocycles. The number of anilines is 1. The fourth-order valence-corrected chi connectivity index (χ4v) is 2.76. The fourth-order valence-electron chi connectivity index (χ4n) is 1.90. The Hall–Kier alpha value is -1.51. The normalized spacial score (nSPS) is 17.9. The lowest BCUT2D eigenvalue weighted by molar-refractivity contribution is -0.124. The van der Waals surface area contributed by atoms with Gasteiger partial charge in [-0.05, 0) is 25.0 Å². The second kappa shape index (κ2) is 7.17. The summed E-state index contributed by atoms with van der Waals surface area (Å²) in [5, 5.41) is 11.5. The summed E-state index contributed by atoms with van der Waals surface area (Å²) in [4.78, 5) is 13.0. The number of hydrogen-bond acceptors (Lipinski definition) is 4. The second-order valence-corrected chi connectivity index (χ2v) is 5.38. The number of thioether (sulfide) groups is 1. The largest absolute Gasteiger partial charge is 0.368 e. The van der Waals surface area contributed by atoms with Gasteiger partial charge in [0.05, 0.1) is 11.8 Å². The molecule has 4 nitrogen and oxygen atoms in total. The van der Waals surface area contributed by atoms with Crippen LogP contribution in [0.2, 0.25) is 0 Å². The van der Waals surface area contributed by atoms with E-state index >= 15 is 0 Å². The third-order valence-electron chi connectivity index (χ3n) is 2.84. The van der Waals surface area contributed by atoms with E-state index in [0.29, 0.717) is 13.0 Å². The summed E-state index contributed by atoms with van der Waals surface area (Å²) >= 11 is 1.58. The Morgan fingerprint density at radius 2 is 2.37 bits per heavy atom. The lowest BCUT2D eigenvalue weighted by Gasteiger charge is -2.13. The van der Waals surface area contributed by atoms with Gasteiger partial charge in [0.1, 0.15) is 6.10 Å². The van der Waals surface area contributed by atoms with Crippen LogP contribution >= 0.6 is 11.8 Å². The Morgan fingerprint density at radius 3 is 3.11 bits per heavy atom. The maximum absolute atomic E-state index is 12.0. The van der Waals surface area contributed by atoms with Crippen LogP contribution in [0.1, 0.15) is 19.3 Å². The molecule has 1 unspecified atom stereocenters. The first-order valence-electron chi connectivity index (χ1n) is 6.32. The van der Waals surface area contributed by atoms with E-state index < -0.39 is 0 Å². The minimum absolute atomic E-state index is 0.0779. The zero-order valence-electron chi connectivity index (χ0n) is 10.6. The minimum atomic E-state index is -0.322. The van der Waals surface area contributed by atoms with Crippen molar-refractivity contribution in [3.63, 3.8) is 0 Å². The summed E-state index contributed by atoms with van der Waals surface area (Å²) in [6.07, 6.45) is 1.91. The molecule has 1 amide bonds. The summed E-state index contributed by atoms with van der Waals surface area (Å²) in [7, 11) is 0. The highest BCUT2D eigenvalue weighted by atomic mass is 32.2. The maximum atomic E-state index is 12.0. The van der Waals surface area contributed by atoms with Crippen LogP contribution in [0.4, 0.5) is 5.69 Å². The number of nitrogens with one attached hydrogen (secondary N) is 1. The highest BCUT2D eigenvalue weighted by molar-refractivity contribution is 7.99. The number of nitriles is 1. The molecule has 1 fully saturated rings. The zero-order chi connectivity index (χ0) is 13.5. The average molecular weight is 276 g/mol. The van der Waals surface area contributed by atoms with Crippen LogP contribution in [0.25, 0.3) is 0 Å². The minimum Gasteiger partial charge on any atom is -0.368 e. The van der Waals surface area contributed by atoms with E-state index in [4.69, 9.17) is 10.00 Å². The van der Waals surface area contributed by atoms with Crippen molar-refractivity contribution in [2.75, 3.05) is 17.7 Å². The Kier molecular flexibility index (Phi) is 5.25. The number of hydrogen-bond donors (Lipinski definition) is 1. The molecule has 1 aliphatic rings. The molecular formula is C14H16N2O2S. The van der Waals surface area contributed by atoms with Gasteiger partial charge >= 0.3 is 0 Å². The molecule has 1 N–H and O–H groups in total. The molecule has 19 heavy (non-hydrogen) atoms. The third-order valence-corrected chi connectivity index (χ3v) is 3.91. The molecule has 0 aromatic heterocycles. The average Bonchev–Trinajstić information content (AvgIpc) is 2.95. The number of carbonyl (C=O) groups is 1. The highest BCUT2D eigenvalue weighted by Crippen LogP contribution is 2.28. The summed E-state index contributed by atoms with van der Waals surface area (Å²) in [6, 6.07) is 9.76. The quantitative estimate of drug-likeness (QED) is 0.663. The molecule has 2 rings (SSSR count). The number of benzene rings is 1. The summed E-state index contributed by atoms with van der Waals surface area (Å²) in [5.74, 6) is 0.648. The number of nitrogens with zero attached hydrogens (tertiary/aromatic N) is 1. The summed E-state index contributed by atoms with van der Waals surface area (Å²) in [6.45, 7) is 0.663. The lowest BCUT2D eigenvalue weighted by atomic mass is 10.2. The van der Waals surface area contributed by atoms with Gasteiger partial charge in [-0.2, -0.15) is 5.26 Å². The summed E-state index contributed by atoms with van der Waals surface area (Å²) in [5.41, 5.74) is 0.797. The SMILES string of the molecule is N#CCCSc1ccccc1NC(=O)C1CCCO1. The molecule has 1 aromatic rings. The Balaban J connectivity index is 1.98. The number of ether oxygens (including phenoxy) is 1. The van der Waals surface area contributed by atoms with E-state index in [1.54, 1.807) is 11.8 Å². The number of carbonyl (C=O) groups excluding carboxylic acids is 1. The van der Waals surface area contributed by atoms with Crippen molar-refractivity contribution in [1.82, 2.24) is 0 Å². The van der Waals surface area contributed by atoms with Gasteiger partial charge in [-0.15, -0.1) is 11.8 Å². The van der Waals surface area contributed by atoms with Crippen molar-refractivity contribution in [1.29, 1.82) is 5.26 Å². The first kappa shape index (κ1) is 13.9. The topological polar surface area (TPSA) is 62.1 Å². The van der Waals surface area contributed by atoms with Crippen LogP contribution in [-0.2, 0) is 9.53 Å². The predicted octanol–water partition coefficient (Wildman–Crippen LogP) is 2.81. The van der Waals surface area contributed by atoms with E-state index in [-0.39, 0.29) is 12.0 Å². The molecule has 0 aliphatic carbocycles. The van der Waals surface area contributed by atoms with Crippen molar-refractivity contribution in [3.05, 3.63) is 24.3 Å². The second-order valence-electron chi connectivity index (χ2n) is 4.24. The summed E-state index contributed by atoms with van der Waals surface area (Å²) < 4.78 is 5.36. The molecule has 100 valence electrons. The first-order valence-corrected chi connectivity index (χ1v) is 7.31. The van der Waals surface area contributed by atoms with Crippen LogP contribution in [0.3, 0.4) is 0 Å². The molecular weight excluding hydrogens is 260 g/mol. The van der Waals surface area contributed by atoms with Crippen LogP contribution in [0.15, 0.2) is 29.2 Å². The van der Waals surface area contributed by atoms with Gasteiger partial charge in [-0.1, -0.05) is 12.1 Å². The maximum Gasteiger partial charge on any atom is 0.253 e. The van der Waals surface area contributed by atoms with Crippen molar-refractivity contribution in [2.24, 2.45) is 0 Å². The molecule has 0 radical (unpaired) electrons. The predicted molar refractivity (Wildman–Crippen MR) is 75.0 cm³/mol. The van der Waals surface area contributed by atoms with E-state index in [0.717, 1.165) is 29.2 Å². The third kappa shape index (κ3) is 3.98. The number of para-hydroxylation sites is 1. The van der Waals surface area contributed by atoms with Gasteiger partial charge in [0.25, 0.3) is 5.91 Å². The van der Waals surface area contributed by atoms with Gasteiger partial charge in [0.2, 0.25) is 0 Å². The van der Waals surface area contributed by atoms with Crippen molar-refractivity contribution >= 4 is 23.4 Å². The number of rotatable bonds is 5. The first-order chi connectivity index (χ1) is 9.31. The van der Waals surface area contributed by atoms with Gasteiger partial charge in [0, 0.05) is 23.7 Å². The smallest absolute Gasteiger partial charge is 0.253 e. The number of amides is 1. The fraction of sp³-hybridized carbons (Fsp3) is 0.429. The van der Waals surface area contributed by atoms with Crippen molar-refractivity contribution in [2.45, 2.75) is 30.3 Å². The van der Waals surface area contributed by atoms with E-state index in [1.165, 1.54) is 0 Å².